The fourth-order valence-electron chi connectivity index (χ4n) is 2.68. The summed E-state index contributed by atoms with van der Waals surface area (Å²) in [5.41, 5.74) is 1.44. The number of amides is 1. The third kappa shape index (κ3) is 5.58. The molecule has 0 aliphatic carbocycles. The Labute approximate surface area is 164 Å². The lowest BCUT2D eigenvalue weighted by Crippen LogP contribution is -2.33. The number of carbonyl (C=O) groups is 2. The minimum absolute atomic E-state index is 0.125. The predicted molar refractivity (Wildman–Crippen MR) is 106 cm³/mol. The van der Waals surface area contributed by atoms with Gasteiger partial charge in [-0.3, -0.25) is 4.79 Å². The van der Waals surface area contributed by atoms with Crippen molar-refractivity contribution < 1.29 is 23.5 Å². The second-order valence-electron chi connectivity index (χ2n) is 7.78. The van der Waals surface area contributed by atoms with E-state index in [9.17, 15) is 14.4 Å². The van der Waals surface area contributed by atoms with Crippen molar-refractivity contribution in [2.24, 2.45) is 0 Å². The van der Waals surface area contributed by atoms with E-state index in [-0.39, 0.29) is 6.42 Å². The molecule has 1 aromatic heterocycles. The van der Waals surface area contributed by atoms with Crippen LogP contribution in [0.1, 0.15) is 50.3 Å². The summed E-state index contributed by atoms with van der Waals surface area (Å²) in [6, 6.07) is 3.48. The number of nitrogens with one attached hydrogen (secondary N) is 1. The maximum absolute atomic E-state index is 12.2. The number of hydrogen-bond acceptors (Lipinski definition) is 6. The average molecular weight is 389 g/mol. The van der Waals surface area contributed by atoms with Crippen molar-refractivity contribution in [2.75, 3.05) is 6.54 Å². The van der Waals surface area contributed by atoms with Gasteiger partial charge in [0, 0.05) is 18.5 Å². The Bertz CT molecular complexity index is 952. The molecule has 0 saturated carbocycles. The third-order valence-electron chi connectivity index (χ3n) is 4.11. The number of rotatable bonds is 5. The van der Waals surface area contributed by atoms with Crippen LogP contribution in [0.15, 0.2) is 21.3 Å². The summed E-state index contributed by atoms with van der Waals surface area (Å²) >= 11 is 0. The monoisotopic (exact) mass is 389 g/mol. The highest BCUT2D eigenvalue weighted by atomic mass is 16.6. The van der Waals surface area contributed by atoms with Gasteiger partial charge in [-0.1, -0.05) is 0 Å². The topological polar surface area (TPSA) is 94.8 Å². The maximum atomic E-state index is 12.2. The Kier molecular flexibility index (Phi) is 6.48. The highest BCUT2D eigenvalue weighted by Gasteiger charge is 2.17. The minimum atomic E-state index is -0.569. The number of aryl methyl sites for hydroxylation is 2. The molecule has 7 nitrogen and oxygen atoms in total. The summed E-state index contributed by atoms with van der Waals surface area (Å²) in [5, 5.41) is 3.22. The van der Waals surface area contributed by atoms with Crippen LogP contribution in [0.3, 0.4) is 0 Å². The van der Waals surface area contributed by atoms with Crippen LogP contribution in [0.2, 0.25) is 0 Å². The normalized spacial score (nSPS) is 11.4. The van der Waals surface area contributed by atoms with E-state index in [1.54, 1.807) is 46.8 Å². The van der Waals surface area contributed by atoms with Crippen LogP contribution in [0.4, 0.5) is 4.79 Å². The van der Waals surface area contributed by atoms with Gasteiger partial charge in [0.15, 0.2) is 0 Å². The molecule has 2 rings (SSSR count). The van der Waals surface area contributed by atoms with E-state index in [1.165, 1.54) is 0 Å². The summed E-state index contributed by atoms with van der Waals surface area (Å²) < 4.78 is 16.0. The SMILES string of the molecule is Cc1cc(OC(=O)CCCNC(=O)OC(C)(C)C)c2c(C)c(C)c(=O)oc2c1. The first-order valence-corrected chi connectivity index (χ1v) is 9.20. The summed E-state index contributed by atoms with van der Waals surface area (Å²) in [7, 11) is 0. The molecule has 1 heterocycles. The molecule has 1 amide bonds. The first-order valence-electron chi connectivity index (χ1n) is 9.20. The smallest absolute Gasteiger partial charge is 0.407 e. The maximum Gasteiger partial charge on any atom is 0.407 e. The Morgan fingerprint density at radius 2 is 1.79 bits per heavy atom. The first-order chi connectivity index (χ1) is 13.0. The molecule has 0 bridgehead atoms. The number of carbonyl (C=O) groups excluding carboxylic acids is 2. The first kappa shape index (κ1) is 21.5. The fourth-order valence-corrected chi connectivity index (χ4v) is 2.68. The molecule has 1 N–H and O–H groups in total. The zero-order valence-corrected chi connectivity index (χ0v) is 17.2. The van der Waals surface area contributed by atoms with Gasteiger partial charge in [0.25, 0.3) is 0 Å². The lowest BCUT2D eigenvalue weighted by Gasteiger charge is -2.19. The highest BCUT2D eigenvalue weighted by molar-refractivity contribution is 5.90. The molecule has 0 saturated heterocycles. The molecule has 0 fully saturated rings. The van der Waals surface area contributed by atoms with Crippen molar-refractivity contribution in [3.8, 4) is 5.75 Å². The number of alkyl carbamates (subject to hydrolysis) is 1. The van der Waals surface area contributed by atoms with Crippen LogP contribution in [0, 0.1) is 20.8 Å². The van der Waals surface area contributed by atoms with Gasteiger partial charge < -0.3 is 19.2 Å². The van der Waals surface area contributed by atoms with Gasteiger partial charge in [-0.25, -0.2) is 9.59 Å². The largest absolute Gasteiger partial charge is 0.444 e. The van der Waals surface area contributed by atoms with E-state index in [4.69, 9.17) is 13.9 Å². The van der Waals surface area contributed by atoms with Gasteiger partial charge in [-0.15, -0.1) is 0 Å². The lowest BCUT2D eigenvalue weighted by atomic mass is 10.0. The fraction of sp³-hybridized carbons (Fsp3) is 0.476. The average Bonchev–Trinajstić information content (AvgIpc) is 2.54. The minimum Gasteiger partial charge on any atom is -0.444 e. The Balaban J connectivity index is 2.03. The van der Waals surface area contributed by atoms with Crippen LogP contribution in [0.5, 0.6) is 5.75 Å². The molecule has 0 radical (unpaired) electrons. The van der Waals surface area contributed by atoms with Crippen LogP contribution < -0.4 is 15.7 Å². The van der Waals surface area contributed by atoms with Crippen molar-refractivity contribution in [3.63, 3.8) is 0 Å². The number of esters is 1. The number of hydrogen-bond donors (Lipinski definition) is 1. The van der Waals surface area contributed by atoms with Crippen LogP contribution >= 0.6 is 0 Å². The van der Waals surface area contributed by atoms with Crippen molar-refractivity contribution in [3.05, 3.63) is 39.2 Å². The Hall–Kier alpha value is -2.83. The van der Waals surface area contributed by atoms with E-state index in [0.29, 0.717) is 35.2 Å². The van der Waals surface area contributed by atoms with Gasteiger partial charge in [-0.2, -0.15) is 0 Å². The summed E-state index contributed by atoms with van der Waals surface area (Å²) in [5.74, 6) is -0.0643. The van der Waals surface area contributed by atoms with Crippen LogP contribution in [-0.4, -0.2) is 24.2 Å². The second kappa shape index (κ2) is 8.46. The highest BCUT2D eigenvalue weighted by Crippen LogP contribution is 2.31. The van der Waals surface area contributed by atoms with Crippen molar-refractivity contribution >= 4 is 23.0 Å². The Morgan fingerprint density at radius 3 is 2.43 bits per heavy atom. The van der Waals surface area contributed by atoms with Gasteiger partial charge in [-0.05, 0) is 71.2 Å². The predicted octanol–water partition coefficient (Wildman–Crippen LogP) is 3.93. The van der Waals surface area contributed by atoms with Gasteiger partial charge in [0.2, 0.25) is 0 Å². The van der Waals surface area contributed by atoms with E-state index >= 15 is 0 Å². The second-order valence-corrected chi connectivity index (χ2v) is 7.78. The van der Waals surface area contributed by atoms with Gasteiger partial charge >= 0.3 is 17.7 Å². The number of ether oxygens (including phenoxy) is 2. The summed E-state index contributed by atoms with van der Waals surface area (Å²) in [6.45, 7) is 10.9. The molecule has 2 aromatic rings. The molecule has 0 atom stereocenters. The summed E-state index contributed by atoms with van der Waals surface area (Å²) in [6.07, 6.45) is 0.0151. The van der Waals surface area contributed by atoms with Crippen LogP contribution in [0.25, 0.3) is 11.0 Å². The lowest BCUT2D eigenvalue weighted by molar-refractivity contribution is -0.134. The molecule has 0 unspecified atom stereocenters. The number of benzene rings is 1. The number of fused-ring (bicyclic) bond motifs is 1. The van der Waals surface area contributed by atoms with E-state index in [2.05, 4.69) is 5.32 Å². The molecule has 0 aliphatic rings. The van der Waals surface area contributed by atoms with Gasteiger partial charge in [0.1, 0.15) is 16.9 Å². The standard InChI is InChI=1S/C21H27NO6/c1-12-10-15(18-13(2)14(3)19(24)27-16(18)11-12)26-17(23)8-7-9-22-20(25)28-21(4,5)6/h10-11H,7-9H2,1-6H3,(H,22,25). The Morgan fingerprint density at radius 1 is 1.11 bits per heavy atom. The van der Waals surface area contributed by atoms with E-state index < -0.39 is 23.3 Å². The van der Waals surface area contributed by atoms with Crippen molar-refractivity contribution in [2.45, 2.75) is 60.0 Å². The third-order valence-corrected chi connectivity index (χ3v) is 4.11. The molecular weight excluding hydrogens is 362 g/mol. The van der Waals surface area contributed by atoms with E-state index in [1.807, 2.05) is 6.92 Å². The molecule has 7 heteroatoms. The zero-order valence-electron chi connectivity index (χ0n) is 17.2. The van der Waals surface area contributed by atoms with Gasteiger partial charge in [0.05, 0.1) is 5.39 Å². The summed E-state index contributed by atoms with van der Waals surface area (Å²) in [4.78, 5) is 35.7. The molecule has 0 spiro atoms. The molecule has 152 valence electrons. The quantitative estimate of drug-likeness (QED) is 0.360. The molecule has 0 aliphatic heterocycles. The van der Waals surface area contributed by atoms with Crippen molar-refractivity contribution in [1.29, 1.82) is 0 Å². The van der Waals surface area contributed by atoms with E-state index in [0.717, 1.165) is 11.1 Å². The zero-order chi connectivity index (χ0) is 21.1. The molecular formula is C21H27NO6. The molecule has 28 heavy (non-hydrogen) atoms. The molecule has 1 aromatic carbocycles. The van der Waals surface area contributed by atoms with Crippen LogP contribution in [-0.2, 0) is 9.53 Å². The van der Waals surface area contributed by atoms with Crippen molar-refractivity contribution in [1.82, 2.24) is 5.32 Å².